The minimum atomic E-state index is -3.44. The largest absolute Gasteiger partial charge is 0.506 e. The van der Waals surface area contributed by atoms with Crippen LogP contribution in [0.4, 0.5) is 0 Å². The zero-order valence-electron chi connectivity index (χ0n) is 19.2. The molecule has 1 aromatic heterocycles. The van der Waals surface area contributed by atoms with Crippen molar-refractivity contribution >= 4 is 44.0 Å². The van der Waals surface area contributed by atoms with Crippen LogP contribution in [0.2, 0.25) is 0 Å². The van der Waals surface area contributed by atoms with Crippen molar-refractivity contribution in [2.75, 3.05) is 25.5 Å². The number of phenolic OH excluding ortho intramolecular Hbond substituents is 1. The van der Waals surface area contributed by atoms with Crippen LogP contribution < -0.4 is 14.9 Å². The van der Waals surface area contributed by atoms with Gasteiger partial charge in [-0.05, 0) is 30.0 Å². The molecule has 1 heterocycles. The molecule has 0 aliphatic rings. The van der Waals surface area contributed by atoms with E-state index >= 15 is 0 Å². The number of rotatable bonds is 13. The summed E-state index contributed by atoms with van der Waals surface area (Å²) < 4.78 is 33.9. The number of aromatic nitrogens is 1. The van der Waals surface area contributed by atoms with Crippen LogP contribution >= 0.6 is 23.7 Å². The van der Waals surface area contributed by atoms with Crippen molar-refractivity contribution in [2.24, 2.45) is 0 Å². The fourth-order valence-corrected chi connectivity index (χ4v) is 5.71. The van der Waals surface area contributed by atoms with Gasteiger partial charge in [-0.1, -0.05) is 61.6 Å². The molecule has 3 aromatic rings. The number of nitrogens with one attached hydrogen (secondary N) is 3. The highest BCUT2D eigenvalue weighted by molar-refractivity contribution is 7.89. The molecule has 0 spiro atoms. The van der Waals surface area contributed by atoms with Crippen molar-refractivity contribution in [1.29, 1.82) is 0 Å². The van der Waals surface area contributed by atoms with Crippen molar-refractivity contribution in [3.05, 3.63) is 63.3 Å². The Morgan fingerprint density at radius 3 is 2.59 bits per heavy atom. The minimum Gasteiger partial charge on any atom is -0.506 e. The molecule has 0 saturated carbocycles. The van der Waals surface area contributed by atoms with Gasteiger partial charge < -0.3 is 14.8 Å². The Balaban J connectivity index is 0.00000408. The molecule has 2 unspecified atom stereocenters. The molecule has 11 heteroatoms. The summed E-state index contributed by atoms with van der Waals surface area (Å²) in [5.74, 6) is 0.258. The lowest BCUT2D eigenvalue weighted by Gasteiger charge is -2.21. The summed E-state index contributed by atoms with van der Waals surface area (Å²) in [5.41, 5.74) is 2.49. The molecule has 0 radical (unpaired) electrons. The van der Waals surface area contributed by atoms with Gasteiger partial charge in [0.05, 0.1) is 29.8 Å². The standard InChI is InChI=1S/C23H31N3O5S2.ClH/c1-3-13-33(29,30)26-20(15-31-14-16(2)17-7-5-4-6-8-17)24-12-11-18-9-10-19(27)21-22(18)32-23(28)25-21;/h4-10,16,20,24,26-27H,3,11-15H2,1-2H3,(H,25,28);1H. The third-order valence-corrected chi connectivity index (χ3v) is 7.79. The topological polar surface area (TPSA) is 121 Å². The van der Waals surface area contributed by atoms with Crippen LogP contribution in [0.1, 0.15) is 37.3 Å². The zero-order valence-corrected chi connectivity index (χ0v) is 21.7. The second-order valence-electron chi connectivity index (χ2n) is 8.01. The molecule has 0 saturated heterocycles. The Labute approximate surface area is 210 Å². The van der Waals surface area contributed by atoms with Gasteiger partial charge in [0.25, 0.3) is 0 Å². The quantitative estimate of drug-likeness (QED) is 0.252. The van der Waals surface area contributed by atoms with Gasteiger partial charge in [0.15, 0.2) is 0 Å². The molecular formula is C23H32ClN3O5S2. The first-order valence-electron chi connectivity index (χ1n) is 11.0. The summed E-state index contributed by atoms with van der Waals surface area (Å²) in [5, 5.41) is 13.2. The average molecular weight is 530 g/mol. The molecule has 0 fully saturated rings. The second kappa shape index (κ2) is 13.2. The van der Waals surface area contributed by atoms with Gasteiger partial charge in [-0.15, -0.1) is 12.4 Å². The second-order valence-corrected chi connectivity index (χ2v) is 10.9. The summed E-state index contributed by atoms with van der Waals surface area (Å²) in [6.45, 7) is 4.99. The molecule has 188 valence electrons. The number of aromatic amines is 1. The Morgan fingerprint density at radius 2 is 1.88 bits per heavy atom. The number of fused-ring (bicyclic) bond motifs is 1. The van der Waals surface area contributed by atoms with Crippen molar-refractivity contribution in [3.63, 3.8) is 0 Å². The van der Waals surface area contributed by atoms with Gasteiger partial charge in [0.2, 0.25) is 10.0 Å². The first-order chi connectivity index (χ1) is 15.8. The lowest BCUT2D eigenvalue weighted by molar-refractivity contribution is 0.0992. The normalized spacial score (nSPS) is 13.5. The number of aromatic hydroxyl groups is 1. The monoisotopic (exact) mass is 529 g/mol. The van der Waals surface area contributed by atoms with Crippen LogP contribution in [0, 0.1) is 0 Å². The number of H-pyrrole nitrogens is 1. The van der Waals surface area contributed by atoms with Gasteiger partial charge in [0.1, 0.15) is 11.3 Å². The number of hydrogen-bond acceptors (Lipinski definition) is 7. The van der Waals surface area contributed by atoms with Crippen LogP contribution in [-0.2, 0) is 21.2 Å². The van der Waals surface area contributed by atoms with E-state index in [9.17, 15) is 18.3 Å². The highest BCUT2D eigenvalue weighted by atomic mass is 35.5. The Hall–Kier alpha value is -1.95. The fourth-order valence-electron chi connectivity index (χ4n) is 3.57. The molecular weight excluding hydrogens is 498 g/mol. The van der Waals surface area contributed by atoms with Gasteiger partial charge >= 0.3 is 4.87 Å². The number of sulfonamides is 1. The van der Waals surface area contributed by atoms with Crippen LogP contribution in [-0.4, -0.2) is 50.2 Å². The Kier molecular flexibility index (Phi) is 11.0. The predicted octanol–water partition coefficient (Wildman–Crippen LogP) is 3.32. The molecule has 0 bridgehead atoms. The molecule has 0 aliphatic heterocycles. The highest BCUT2D eigenvalue weighted by Crippen LogP contribution is 2.27. The summed E-state index contributed by atoms with van der Waals surface area (Å²) in [7, 11) is -3.44. The van der Waals surface area contributed by atoms with E-state index in [2.05, 4.69) is 21.9 Å². The van der Waals surface area contributed by atoms with Crippen molar-refractivity contribution < 1.29 is 18.3 Å². The first-order valence-corrected chi connectivity index (χ1v) is 13.5. The van der Waals surface area contributed by atoms with E-state index in [-0.39, 0.29) is 41.3 Å². The predicted molar refractivity (Wildman–Crippen MR) is 140 cm³/mol. The van der Waals surface area contributed by atoms with Gasteiger partial charge in [-0.2, -0.15) is 4.72 Å². The SMILES string of the molecule is CCCS(=O)(=O)NC(COCC(C)c1ccccc1)NCCc1ccc(O)c2[nH]c(=O)sc12.Cl. The lowest BCUT2D eigenvalue weighted by atomic mass is 10.0. The van der Waals surface area contributed by atoms with Gasteiger partial charge in [0, 0.05) is 12.5 Å². The summed E-state index contributed by atoms with van der Waals surface area (Å²) in [4.78, 5) is 14.1. The van der Waals surface area contributed by atoms with Crippen LogP contribution in [0.5, 0.6) is 5.75 Å². The van der Waals surface area contributed by atoms with E-state index < -0.39 is 16.2 Å². The number of thiazole rings is 1. The van der Waals surface area contributed by atoms with E-state index in [0.29, 0.717) is 36.2 Å². The fraction of sp³-hybridized carbons (Fsp3) is 0.435. The Morgan fingerprint density at radius 1 is 1.15 bits per heavy atom. The molecule has 2 aromatic carbocycles. The van der Waals surface area contributed by atoms with Gasteiger partial charge in [-0.3, -0.25) is 10.1 Å². The van der Waals surface area contributed by atoms with Crippen LogP contribution in [0.25, 0.3) is 10.2 Å². The number of ether oxygens (including phenoxy) is 1. The third kappa shape index (κ3) is 8.07. The van der Waals surface area contributed by atoms with E-state index in [1.54, 1.807) is 12.1 Å². The highest BCUT2D eigenvalue weighted by Gasteiger charge is 2.18. The molecule has 4 N–H and O–H groups in total. The molecule has 2 atom stereocenters. The van der Waals surface area contributed by atoms with Crippen molar-refractivity contribution in [2.45, 2.75) is 38.8 Å². The lowest BCUT2D eigenvalue weighted by Crippen LogP contribution is -2.49. The average Bonchev–Trinajstić information content (AvgIpc) is 3.18. The summed E-state index contributed by atoms with van der Waals surface area (Å²) in [6, 6.07) is 13.3. The number of phenols is 1. The maximum Gasteiger partial charge on any atom is 0.305 e. The molecule has 0 aliphatic carbocycles. The third-order valence-electron chi connectivity index (χ3n) is 5.24. The van der Waals surface area contributed by atoms with E-state index in [1.165, 1.54) is 0 Å². The molecule has 3 rings (SSSR count). The first kappa shape index (κ1) is 28.3. The Bertz CT molecular complexity index is 1200. The zero-order chi connectivity index (χ0) is 23.8. The van der Waals surface area contributed by atoms with E-state index in [0.717, 1.165) is 22.5 Å². The smallest absolute Gasteiger partial charge is 0.305 e. The number of hydrogen-bond donors (Lipinski definition) is 4. The number of benzene rings is 2. The molecule has 0 amide bonds. The maximum absolute atomic E-state index is 12.3. The summed E-state index contributed by atoms with van der Waals surface area (Å²) in [6.07, 6.45) is 0.491. The van der Waals surface area contributed by atoms with E-state index in [4.69, 9.17) is 4.74 Å². The van der Waals surface area contributed by atoms with Crippen LogP contribution in [0.3, 0.4) is 0 Å². The number of halogens is 1. The summed E-state index contributed by atoms with van der Waals surface area (Å²) >= 11 is 1.05. The van der Waals surface area contributed by atoms with Gasteiger partial charge in [-0.25, -0.2) is 8.42 Å². The van der Waals surface area contributed by atoms with Crippen molar-refractivity contribution in [1.82, 2.24) is 15.0 Å². The van der Waals surface area contributed by atoms with E-state index in [1.807, 2.05) is 37.3 Å². The van der Waals surface area contributed by atoms with Crippen LogP contribution in [0.15, 0.2) is 47.3 Å². The maximum atomic E-state index is 12.3. The minimum absolute atomic E-state index is 0. The molecule has 34 heavy (non-hydrogen) atoms. The molecule has 8 nitrogen and oxygen atoms in total. The van der Waals surface area contributed by atoms with Crippen molar-refractivity contribution in [3.8, 4) is 5.75 Å².